The van der Waals surface area contributed by atoms with Crippen LogP contribution >= 0.6 is 0 Å². The van der Waals surface area contributed by atoms with E-state index in [1.807, 2.05) is 24.3 Å². The first kappa shape index (κ1) is 17.0. The lowest BCUT2D eigenvalue weighted by atomic mass is 9.85. The summed E-state index contributed by atoms with van der Waals surface area (Å²) in [5, 5.41) is 3.14. The minimum atomic E-state index is -0.174. The van der Waals surface area contributed by atoms with Crippen LogP contribution in [0.4, 0.5) is 0 Å². The Morgan fingerprint density at radius 3 is 2.89 bits per heavy atom. The third kappa shape index (κ3) is 3.28. The number of pyridine rings is 1. The summed E-state index contributed by atoms with van der Waals surface area (Å²) in [5.74, 6) is 2.32. The summed E-state index contributed by atoms with van der Waals surface area (Å²) in [6, 6.07) is 9.83. The zero-order valence-electron chi connectivity index (χ0n) is 15.5. The van der Waals surface area contributed by atoms with Crippen molar-refractivity contribution in [3.05, 3.63) is 48.0 Å². The van der Waals surface area contributed by atoms with Gasteiger partial charge in [0.05, 0.1) is 17.2 Å². The molecule has 28 heavy (non-hydrogen) atoms. The molecule has 0 bridgehead atoms. The molecule has 1 fully saturated rings. The molecule has 0 saturated heterocycles. The van der Waals surface area contributed by atoms with Crippen LogP contribution in [0.2, 0.25) is 0 Å². The molecular weight excluding hydrogens is 356 g/mol. The fourth-order valence-corrected chi connectivity index (χ4v) is 4.07. The highest BCUT2D eigenvalue weighted by Gasteiger charge is 2.27. The van der Waals surface area contributed by atoms with E-state index in [9.17, 15) is 4.79 Å². The van der Waals surface area contributed by atoms with E-state index in [-0.39, 0.29) is 11.9 Å². The molecular formula is C21H22N4O3. The van der Waals surface area contributed by atoms with Gasteiger partial charge in [-0.3, -0.25) is 4.79 Å². The first-order chi connectivity index (χ1) is 13.8. The Morgan fingerprint density at radius 2 is 2.00 bits per heavy atom. The molecule has 2 aromatic heterocycles. The maximum absolute atomic E-state index is 12.7. The van der Waals surface area contributed by atoms with Crippen molar-refractivity contribution in [1.82, 2.24) is 20.3 Å². The van der Waals surface area contributed by atoms with Crippen LogP contribution in [0.1, 0.15) is 47.9 Å². The van der Waals surface area contributed by atoms with Crippen LogP contribution in [0.3, 0.4) is 0 Å². The number of ether oxygens (including phenoxy) is 2. The van der Waals surface area contributed by atoms with Gasteiger partial charge in [-0.15, -0.1) is 0 Å². The van der Waals surface area contributed by atoms with E-state index in [1.54, 1.807) is 12.3 Å². The number of hydrogen-bond acceptors (Lipinski definition) is 5. The van der Waals surface area contributed by atoms with Crippen molar-refractivity contribution in [2.24, 2.45) is 0 Å². The number of nitrogens with zero attached hydrogens (tertiary/aromatic N) is 2. The van der Waals surface area contributed by atoms with Gasteiger partial charge < -0.3 is 19.8 Å². The second kappa shape index (κ2) is 7.14. The minimum absolute atomic E-state index is 0.106. The number of hydrogen-bond donors (Lipinski definition) is 2. The van der Waals surface area contributed by atoms with Crippen LogP contribution in [0, 0.1) is 0 Å². The third-order valence-corrected chi connectivity index (χ3v) is 5.47. The summed E-state index contributed by atoms with van der Waals surface area (Å²) in [6.45, 7) is 0.991. The van der Waals surface area contributed by atoms with Gasteiger partial charge in [0.1, 0.15) is 24.7 Å². The zero-order valence-corrected chi connectivity index (χ0v) is 15.5. The van der Waals surface area contributed by atoms with Crippen LogP contribution < -0.4 is 14.8 Å². The molecule has 1 aliphatic carbocycles. The molecule has 0 spiro atoms. The van der Waals surface area contributed by atoms with Crippen LogP contribution in [-0.2, 0) is 0 Å². The number of imidazole rings is 1. The number of amides is 1. The highest BCUT2D eigenvalue weighted by Crippen LogP contribution is 2.33. The van der Waals surface area contributed by atoms with E-state index in [0.717, 1.165) is 42.5 Å². The quantitative estimate of drug-likeness (QED) is 0.731. The van der Waals surface area contributed by atoms with Gasteiger partial charge in [-0.2, -0.15) is 0 Å². The molecule has 3 aromatic rings. The third-order valence-electron chi connectivity index (χ3n) is 5.47. The Bertz CT molecular complexity index is 983. The Hall–Kier alpha value is -3.09. The van der Waals surface area contributed by atoms with Gasteiger partial charge in [0.2, 0.25) is 0 Å². The fraction of sp³-hybridized carbons (Fsp3) is 0.381. The summed E-state index contributed by atoms with van der Waals surface area (Å²) in [7, 11) is 0. The smallest absolute Gasteiger partial charge is 0.270 e. The van der Waals surface area contributed by atoms with Crippen LogP contribution in [0.15, 0.2) is 36.5 Å². The molecule has 2 aliphatic rings. The number of para-hydroxylation sites is 2. The normalized spacial score (nSPS) is 21.4. The zero-order chi connectivity index (χ0) is 18.9. The van der Waals surface area contributed by atoms with E-state index < -0.39 is 0 Å². The van der Waals surface area contributed by atoms with Crippen molar-refractivity contribution in [3.63, 3.8) is 0 Å². The molecule has 7 nitrogen and oxygen atoms in total. The lowest BCUT2D eigenvalue weighted by Crippen LogP contribution is -2.38. The standard InChI is InChI=1S/C21H22N4O3/c26-21(17-11-18-19(12-22-17)28-9-8-27-18)23-14-5-3-4-13(10-14)20-24-15-6-1-2-7-16(15)25-20/h1-2,6-7,11-14H,3-5,8-10H2,(H,23,26)(H,24,25). The molecule has 2 atom stereocenters. The maximum Gasteiger partial charge on any atom is 0.270 e. The van der Waals surface area contributed by atoms with Crippen molar-refractivity contribution >= 4 is 16.9 Å². The fourth-order valence-electron chi connectivity index (χ4n) is 4.07. The van der Waals surface area contributed by atoms with Gasteiger partial charge >= 0.3 is 0 Å². The molecule has 2 N–H and O–H groups in total. The molecule has 3 heterocycles. The molecule has 1 aliphatic heterocycles. The molecule has 0 radical (unpaired) electrons. The SMILES string of the molecule is O=C(NC1CCCC(c2nc3ccccc3[nH]2)C1)c1cc2c(cn1)OCCO2. The number of benzene rings is 1. The molecule has 1 aromatic carbocycles. The van der Waals surface area contributed by atoms with Gasteiger partial charge in [-0.1, -0.05) is 18.6 Å². The molecule has 7 heteroatoms. The summed E-state index contributed by atoms with van der Waals surface area (Å²) < 4.78 is 11.0. The molecule has 1 amide bonds. The van der Waals surface area contributed by atoms with Crippen molar-refractivity contribution < 1.29 is 14.3 Å². The predicted octanol–water partition coefficient (Wildman–Crippen LogP) is 3.19. The average Bonchev–Trinajstić information content (AvgIpc) is 3.18. The van der Waals surface area contributed by atoms with Crippen molar-refractivity contribution in [3.8, 4) is 11.5 Å². The topological polar surface area (TPSA) is 89.1 Å². The largest absolute Gasteiger partial charge is 0.486 e. The first-order valence-corrected chi connectivity index (χ1v) is 9.77. The molecule has 5 rings (SSSR count). The van der Waals surface area contributed by atoms with Gasteiger partial charge in [0.15, 0.2) is 11.5 Å². The lowest BCUT2D eigenvalue weighted by Gasteiger charge is -2.28. The van der Waals surface area contributed by atoms with Crippen LogP contribution in [0.25, 0.3) is 11.0 Å². The second-order valence-electron chi connectivity index (χ2n) is 7.39. The van der Waals surface area contributed by atoms with Crippen molar-refractivity contribution in [2.75, 3.05) is 13.2 Å². The summed E-state index contributed by atoms with van der Waals surface area (Å²) in [6.07, 6.45) is 5.53. The molecule has 1 saturated carbocycles. The summed E-state index contributed by atoms with van der Waals surface area (Å²) in [4.78, 5) is 25.1. The number of aromatic amines is 1. The van der Waals surface area contributed by atoms with Gasteiger partial charge in [0.25, 0.3) is 5.91 Å². The maximum atomic E-state index is 12.7. The Labute approximate surface area is 162 Å². The van der Waals surface area contributed by atoms with Crippen molar-refractivity contribution in [2.45, 2.75) is 37.6 Å². The second-order valence-corrected chi connectivity index (χ2v) is 7.39. The number of aromatic nitrogens is 3. The van der Waals surface area contributed by atoms with E-state index >= 15 is 0 Å². The van der Waals surface area contributed by atoms with Crippen molar-refractivity contribution in [1.29, 1.82) is 0 Å². The Morgan fingerprint density at radius 1 is 1.14 bits per heavy atom. The average molecular weight is 378 g/mol. The lowest BCUT2D eigenvalue weighted by molar-refractivity contribution is 0.0918. The molecule has 2 unspecified atom stereocenters. The van der Waals surface area contributed by atoms with Gasteiger partial charge in [-0.25, -0.2) is 9.97 Å². The van der Waals surface area contributed by atoms with Crippen LogP contribution in [-0.4, -0.2) is 40.1 Å². The summed E-state index contributed by atoms with van der Waals surface area (Å²) in [5.41, 5.74) is 2.41. The van der Waals surface area contributed by atoms with E-state index in [1.165, 1.54) is 0 Å². The van der Waals surface area contributed by atoms with Crippen LogP contribution in [0.5, 0.6) is 11.5 Å². The number of carbonyl (C=O) groups excluding carboxylic acids is 1. The van der Waals surface area contributed by atoms with E-state index in [0.29, 0.717) is 36.3 Å². The highest BCUT2D eigenvalue weighted by atomic mass is 16.6. The number of fused-ring (bicyclic) bond motifs is 2. The monoisotopic (exact) mass is 378 g/mol. The minimum Gasteiger partial charge on any atom is -0.486 e. The number of H-pyrrole nitrogens is 1. The number of rotatable bonds is 3. The highest BCUT2D eigenvalue weighted by molar-refractivity contribution is 5.93. The predicted molar refractivity (Wildman–Crippen MR) is 104 cm³/mol. The number of nitrogens with one attached hydrogen (secondary N) is 2. The van der Waals surface area contributed by atoms with Gasteiger partial charge in [0, 0.05) is 18.0 Å². The van der Waals surface area contributed by atoms with Gasteiger partial charge in [-0.05, 0) is 31.4 Å². The first-order valence-electron chi connectivity index (χ1n) is 9.77. The Kier molecular flexibility index (Phi) is 4.35. The molecule has 144 valence electrons. The van der Waals surface area contributed by atoms with E-state index in [4.69, 9.17) is 14.5 Å². The van der Waals surface area contributed by atoms with E-state index in [2.05, 4.69) is 15.3 Å². The number of carbonyl (C=O) groups is 1. The Balaban J connectivity index is 1.28. The summed E-state index contributed by atoms with van der Waals surface area (Å²) >= 11 is 0.